The van der Waals surface area contributed by atoms with Gasteiger partial charge in [-0.3, -0.25) is 4.98 Å². The fourth-order valence-corrected chi connectivity index (χ4v) is 5.60. The van der Waals surface area contributed by atoms with Gasteiger partial charge in [-0.1, -0.05) is 6.07 Å². The lowest BCUT2D eigenvalue weighted by molar-refractivity contribution is 0.187. The summed E-state index contributed by atoms with van der Waals surface area (Å²) < 4.78 is 29.8. The molecule has 4 heterocycles. The predicted molar refractivity (Wildman–Crippen MR) is 122 cm³/mol. The Labute approximate surface area is 190 Å². The van der Waals surface area contributed by atoms with E-state index in [0.717, 1.165) is 55.4 Å². The fraction of sp³-hybridized carbons (Fsp3) is 0.320. The average molecular weight is 447 g/mol. The van der Waals surface area contributed by atoms with Crippen LogP contribution in [0.5, 0.6) is 0 Å². The molecular weight excluding hydrogens is 422 g/mol. The van der Waals surface area contributed by atoms with Gasteiger partial charge in [0, 0.05) is 42.7 Å². The maximum absolute atomic E-state index is 14.6. The number of rotatable bonds is 2. The molecular formula is C25H24F2N6. The van der Waals surface area contributed by atoms with Crippen molar-refractivity contribution in [1.29, 1.82) is 0 Å². The highest BCUT2D eigenvalue weighted by molar-refractivity contribution is 5.75. The van der Waals surface area contributed by atoms with E-state index in [1.165, 1.54) is 17.7 Å². The van der Waals surface area contributed by atoms with Gasteiger partial charge in [0.05, 0.1) is 17.6 Å². The second-order valence-corrected chi connectivity index (χ2v) is 9.17. The van der Waals surface area contributed by atoms with Gasteiger partial charge in [0.1, 0.15) is 17.2 Å². The van der Waals surface area contributed by atoms with Crippen LogP contribution >= 0.6 is 0 Å². The summed E-state index contributed by atoms with van der Waals surface area (Å²) in [6, 6.07) is 9.52. The molecule has 1 aliphatic carbocycles. The number of nitrogens with zero attached hydrogens (tertiary/aromatic N) is 5. The topological polar surface area (TPSA) is 72.3 Å². The van der Waals surface area contributed by atoms with Crippen LogP contribution in [0.1, 0.15) is 35.8 Å². The van der Waals surface area contributed by atoms with Crippen molar-refractivity contribution >= 4 is 11.3 Å². The summed E-state index contributed by atoms with van der Waals surface area (Å²) in [6.45, 7) is 3.47. The lowest BCUT2D eigenvalue weighted by Crippen LogP contribution is -2.44. The number of piperidine rings is 1. The number of benzene rings is 1. The predicted octanol–water partition coefficient (Wildman–Crippen LogP) is 4.22. The summed E-state index contributed by atoms with van der Waals surface area (Å²) in [4.78, 5) is 11.7. The van der Waals surface area contributed by atoms with Crippen LogP contribution in [0, 0.1) is 24.0 Å². The van der Waals surface area contributed by atoms with Crippen molar-refractivity contribution in [3.05, 3.63) is 77.4 Å². The Hall–Kier alpha value is -3.39. The lowest BCUT2D eigenvalue weighted by atomic mass is 9.73. The second kappa shape index (κ2) is 7.31. The number of halogens is 2. The van der Waals surface area contributed by atoms with Crippen molar-refractivity contribution in [3.8, 4) is 11.3 Å². The summed E-state index contributed by atoms with van der Waals surface area (Å²) in [6.07, 6.45) is 6.33. The van der Waals surface area contributed by atoms with E-state index in [1.807, 2.05) is 25.3 Å². The number of aromatic nitrogens is 4. The summed E-state index contributed by atoms with van der Waals surface area (Å²) in [7, 11) is 0. The molecule has 4 aromatic rings. The van der Waals surface area contributed by atoms with Crippen LogP contribution in [0.4, 0.5) is 14.6 Å². The molecule has 1 spiro atoms. The van der Waals surface area contributed by atoms with E-state index >= 15 is 0 Å². The molecule has 168 valence electrons. The number of hydrogen-bond donors (Lipinski definition) is 1. The average Bonchev–Trinajstić information content (AvgIpc) is 3.39. The summed E-state index contributed by atoms with van der Waals surface area (Å²) in [5, 5.41) is 4.45. The van der Waals surface area contributed by atoms with Gasteiger partial charge in [-0.2, -0.15) is 5.10 Å². The van der Waals surface area contributed by atoms with Crippen LogP contribution < -0.4 is 10.6 Å². The summed E-state index contributed by atoms with van der Waals surface area (Å²) in [5.41, 5.74) is 11.3. The van der Waals surface area contributed by atoms with Crippen molar-refractivity contribution in [3.63, 3.8) is 0 Å². The minimum atomic E-state index is -0.632. The molecule has 1 fully saturated rings. The molecule has 0 saturated carbocycles. The van der Waals surface area contributed by atoms with Gasteiger partial charge in [0.15, 0.2) is 5.82 Å². The SMILES string of the molecule is Cc1nc(N2CCC3(CC2)Cc2ncccc2C3N)c2ccnn2c1-c1ccc(F)cc1F. The van der Waals surface area contributed by atoms with Gasteiger partial charge in [-0.25, -0.2) is 18.3 Å². The van der Waals surface area contributed by atoms with Crippen LogP contribution in [0.25, 0.3) is 16.8 Å². The molecule has 6 rings (SSSR count). The number of aryl methyl sites for hydroxylation is 1. The molecule has 2 aliphatic rings. The quantitative estimate of drug-likeness (QED) is 0.499. The molecule has 1 unspecified atom stereocenters. The monoisotopic (exact) mass is 446 g/mol. The highest BCUT2D eigenvalue weighted by Gasteiger charge is 2.46. The van der Waals surface area contributed by atoms with Crippen LogP contribution in [0.3, 0.4) is 0 Å². The fourth-order valence-electron chi connectivity index (χ4n) is 5.60. The van der Waals surface area contributed by atoms with Gasteiger partial charge >= 0.3 is 0 Å². The molecule has 1 aromatic carbocycles. The molecule has 33 heavy (non-hydrogen) atoms. The second-order valence-electron chi connectivity index (χ2n) is 9.17. The van der Waals surface area contributed by atoms with E-state index in [9.17, 15) is 8.78 Å². The zero-order valence-corrected chi connectivity index (χ0v) is 18.3. The first kappa shape index (κ1) is 20.2. The van der Waals surface area contributed by atoms with E-state index in [4.69, 9.17) is 10.7 Å². The van der Waals surface area contributed by atoms with Gasteiger partial charge in [0.25, 0.3) is 0 Å². The standard InChI is InChI=1S/C25H24F2N6/c1-15-22(17-5-4-16(26)13-19(17)27)33-21(6-10-30-33)24(31-15)32-11-7-25(8-12-32)14-20-18(23(25)28)3-2-9-29-20/h2-6,9-10,13,23H,7-8,11-12,14,28H2,1H3. The third-order valence-corrected chi connectivity index (χ3v) is 7.38. The van der Waals surface area contributed by atoms with Gasteiger partial charge in [-0.05, 0) is 61.4 Å². The molecule has 1 aliphatic heterocycles. The van der Waals surface area contributed by atoms with Gasteiger partial charge in [0.2, 0.25) is 0 Å². The molecule has 3 aromatic heterocycles. The van der Waals surface area contributed by atoms with Crippen molar-refractivity contribution in [1.82, 2.24) is 19.6 Å². The maximum atomic E-state index is 14.6. The lowest BCUT2D eigenvalue weighted by Gasteiger charge is -2.42. The number of nitrogens with two attached hydrogens (primary N) is 1. The van der Waals surface area contributed by atoms with Crippen molar-refractivity contribution in [2.45, 2.75) is 32.2 Å². The Morgan fingerprint density at radius 1 is 1.09 bits per heavy atom. The number of hydrogen-bond acceptors (Lipinski definition) is 5. The minimum absolute atomic E-state index is 0.00291. The van der Waals surface area contributed by atoms with Crippen LogP contribution in [-0.2, 0) is 6.42 Å². The van der Waals surface area contributed by atoms with Gasteiger partial charge in [-0.15, -0.1) is 0 Å². The third-order valence-electron chi connectivity index (χ3n) is 7.38. The van der Waals surface area contributed by atoms with E-state index < -0.39 is 11.6 Å². The first-order valence-corrected chi connectivity index (χ1v) is 11.2. The van der Waals surface area contributed by atoms with Crippen molar-refractivity contribution in [2.24, 2.45) is 11.1 Å². The van der Waals surface area contributed by atoms with E-state index in [-0.39, 0.29) is 17.0 Å². The number of fused-ring (bicyclic) bond motifs is 2. The number of pyridine rings is 1. The molecule has 0 radical (unpaired) electrons. The largest absolute Gasteiger partial charge is 0.355 e. The highest BCUT2D eigenvalue weighted by Crippen LogP contribution is 2.50. The Kier molecular flexibility index (Phi) is 4.48. The first-order chi connectivity index (χ1) is 16.0. The third kappa shape index (κ3) is 3.04. The molecule has 1 atom stereocenters. The highest BCUT2D eigenvalue weighted by atomic mass is 19.1. The smallest absolute Gasteiger partial charge is 0.155 e. The molecule has 6 nitrogen and oxygen atoms in total. The zero-order chi connectivity index (χ0) is 22.7. The van der Waals surface area contributed by atoms with Crippen LogP contribution in [0.15, 0.2) is 48.8 Å². The molecule has 8 heteroatoms. The minimum Gasteiger partial charge on any atom is -0.355 e. The van der Waals surface area contributed by atoms with E-state index in [2.05, 4.69) is 21.0 Å². The van der Waals surface area contributed by atoms with Crippen LogP contribution in [0.2, 0.25) is 0 Å². The Bertz CT molecular complexity index is 1370. The summed E-state index contributed by atoms with van der Waals surface area (Å²) in [5.74, 6) is -0.416. The Balaban J connectivity index is 1.34. The van der Waals surface area contributed by atoms with E-state index in [1.54, 1.807) is 10.7 Å². The first-order valence-electron chi connectivity index (χ1n) is 11.2. The normalized spacial score (nSPS) is 19.4. The van der Waals surface area contributed by atoms with E-state index in [0.29, 0.717) is 11.4 Å². The Morgan fingerprint density at radius 3 is 2.67 bits per heavy atom. The Morgan fingerprint density at radius 2 is 1.91 bits per heavy atom. The summed E-state index contributed by atoms with van der Waals surface area (Å²) >= 11 is 0. The molecule has 1 saturated heterocycles. The van der Waals surface area contributed by atoms with Crippen LogP contribution in [-0.4, -0.2) is 32.7 Å². The zero-order valence-electron chi connectivity index (χ0n) is 18.3. The molecule has 0 amide bonds. The maximum Gasteiger partial charge on any atom is 0.155 e. The van der Waals surface area contributed by atoms with Gasteiger partial charge < -0.3 is 10.6 Å². The number of anilines is 1. The molecule has 2 N–H and O–H groups in total. The van der Waals surface area contributed by atoms with Crippen molar-refractivity contribution in [2.75, 3.05) is 18.0 Å². The van der Waals surface area contributed by atoms with Crippen molar-refractivity contribution < 1.29 is 8.78 Å². The molecule has 0 bridgehead atoms.